The zero-order valence-corrected chi connectivity index (χ0v) is 8.88. The molecule has 2 aromatic heterocycles. The molecule has 0 aliphatic heterocycles. The summed E-state index contributed by atoms with van der Waals surface area (Å²) in [6.07, 6.45) is 3.26. The van der Waals surface area contributed by atoms with Crippen LogP contribution in [-0.2, 0) is 6.42 Å². The molecule has 82 valence electrons. The summed E-state index contributed by atoms with van der Waals surface area (Å²) >= 11 is 0. The van der Waals surface area contributed by atoms with Crippen LogP contribution in [0.2, 0.25) is 0 Å². The van der Waals surface area contributed by atoms with Crippen LogP contribution in [0.4, 0.5) is 0 Å². The number of rotatable bonds is 0. The third kappa shape index (κ3) is 1.45. The third-order valence-electron chi connectivity index (χ3n) is 2.77. The molecule has 0 bridgehead atoms. The van der Waals surface area contributed by atoms with Crippen molar-refractivity contribution >= 4 is 11.6 Å². The normalized spacial score (nSPS) is 13.9. The van der Waals surface area contributed by atoms with E-state index < -0.39 is 0 Å². The second kappa shape index (κ2) is 3.59. The lowest BCUT2D eigenvalue weighted by Gasteiger charge is -2.01. The molecule has 4 heteroatoms. The second-order valence-corrected chi connectivity index (χ2v) is 3.84. The van der Waals surface area contributed by atoms with Crippen LogP contribution in [0.25, 0.3) is 0 Å². The molecule has 0 atom stereocenters. The maximum atomic E-state index is 12.2. The summed E-state index contributed by atoms with van der Waals surface area (Å²) in [6, 6.07) is 6.75. The lowest BCUT2D eigenvalue weighted by Crippen LogP contribution is -2.08. The molecule has 3 rings (SSSR count). The molecule has 2 aromatic rings. The first kappa shape index (κ1) is 9.84. The zero-order valence-electron chi connectivity index (χ0n) is 8.88. The standard InChI is InChI=1S/C13H8N2O2/c16-10-7-8-3-1-5-14-11(8)13(17)9-4-2-6-15-12(9)10/h1-6H,7H2. The fourth-order valence-corrected chi connectivity index (χ4v) is 1.98. The van der Waals surface area contributed by atoms with Gasteiger partial charge >= 0.3 is 0 Å². The van der Waals surface area contributed by atoms with Gasteiger partial charge in [-0.3, -0.25) is 19.6 Å². The van der Waals surface area contributed by atoms with Crippen molar-refractivity contribution in [3.63, 3.8) is 0 Å². The fourth-order valence-electron chi connectivity index (χ4n) is 1.98. The SMILES string of the molecule is O=C1c2cccnc2C(=O)Cc2cccnc21. The Hall–Kier alpha value is -2.36. The van der Waals surface area contributed by atoms with Gasteiger partial charge in [-0.15, -0.1) is 0 Å². The first-order chi connectivity index (χ1) is 8.27. The Morgan fingerprint density at radius 3 is 2.47 bits per heavy atom. The van der Waals surface area contributed by atoms with E-state index >= 15 is 0 Å². The Balaban J connectivity index is 2.30. The fraction of sp³-hybridized carbons (Fsp3) is 0.0769. The summed E-state index contributed by atoms with van der Waals surface area (Å²) in [5, 5.41) is 0. The Kier molecular flexibility index (Phi) is 2.08. The number of carbonyl (C=O) groups excluding carboxylic acids is 2. The number of nitrogens with zero attached hydrogens (tertiary/aromatic N) is 2. The number of carbonyl (C=O) groups is 2. The quantitative estimate of drug-likeness (QED) is 0.679. The predicted octanol–water partition coefficient (Wildman–Crippen LogP) is 1.45. The Morgan fingerprint density at radius 1 is 0.941 bits per heavy atom. The summed E-state index contributed by atoms with van der Waals surface area (Å²) in [7, 11) is 0. The molecule has 1 aliphatic carbocycles. The van der Waals surface area contributed by atoms with Gasteiger partial charge in [0, 0.05) is 18.8 Å². The minimum absolute atomic E-state index is 0.138. The molecular weight excluding hydrogens is 216 g/mol. The monoisotopic (exact) mass is 224 g/mol. The lowest BCUT2D eigenvalue weighted by atomic mass is 10.1. The summed E-state index contributed by atoms with van der Waals surface area (Å²) < 4.78 is 0. The Morgan fingerprint density at radius 2 is 1.65 bits per heavy atom. The molecule has 0 radical (unpaired) electrons. The van der Waals surface area contributed by atoms with Crippen LogP contribution < -0.4 is 0 Å². The van der Waals surface area contributed by atoms with Gasteiger partial charge in [0.25, 0.3) is 0 Å². The first-order valence-corrected chi connectivity index (χ1v) is 5.24. The van der Waals surface area contributed by atoms with Crippen molar-refractivity contribution in [2.24, 2.45) is 0 Å². The highest BCUT2D eigenvalue weighted by atomic mass is 16.1. The maximum Gasteiger partial charge on any atom is 0.213 e. The van der Waals surface area contributed by atoms with Gasteiger partial charge in [0.1, 0.15) is 11.4 Å². The van der Waals surface area contributed by atoms with Crippen molar-refractivity contribution < 1.29 is 9.59 Å². The molecule has 0 amide bonds. The van der Waals surface area contributed by atoms with Gasteiger partial charge in [0.15, 0.2) is 5.78 Å². The maximum absolute atomic E-state index is 12.2. The molecule has 2 heterocycles. The number of hydrogen-bond donors (Lipinski definition) is 0. The molecule has 0 saturated heterocycles. The van der Waals surface area contributed by atoms with E-state index in [0.717, 1.165) is 0 Å². The predicted molar refractivity (Wildman–Crippen MR) is 59.9 cm³/mol. The van der Waals surface area contributed by atoms with Crippen LogP contribution in [0.3, 0.4) is 0 Å². The number of hydrogen-bond acceptors (Lipinski definition) is 4. The van der Waals surface area contributed by atoms with E-state index in [9.17, 15) is 9.59 Å². The van der Waals surface area contributed by atoms with Crippen molar-refractivity contribution in [2.75, 3.05) is 0 Å². The molecule has 17 heavy (non-hydrogen) atoms. The Bertz CT molecular complexity index is 635. The van der Waals surface area contributed by atoms with Crippen LogP contribution in [0.1, 0.15) is 32.1 Å². The average molecular weight is 224 g/mol. The van der Waals surface area contributed by atoms with Crippen molar-refractivity contribution in [3.05, 3.63) is 59.2 Å². The summed E-state index contributed by atoms with van der Waals surface area (Å²) in [6.45, 7) is 0. The van der Waals surface area contributed by atoms with Crippen LogP contribution in [0.5, 0.6) is 0 Å². The van der Waals surface area contributed by atoms with Gasteiger partial charge in [0.2, 0.25) is 5.78 Å². The van der Waals surface area contributed by atoms with Crippen LogP contribution in [0.15, 0.2) is 36.7 Å². The Labute approximate surface area is 97.3 Å². The summed E-state index contributed by atoms with van der Waals surface area (Å²) in [4.78, 5) is 32.2. The number of Topliss-reactive ketones (excluding diaryl/α,β-unsaturated/α-hetero) is 1. The molecule has 0 spiro atoms. The van der Waals surface area contributed by atoms with Gasteiger partial charge < -0.3 is 0 Å². The highest BCUT2D eigenvalue weighted by Crippen LogP contribution is 2.21. The molecular formula is C13H8N2O2. The van der Waals surface area contributed by atoms with Gasteiger partial charge in [-0.05, 0) is 23.8 Å². The smallest absolute Gasteiger partial charge is 0.213 e. The molecule has 0 aromatic carbocycles. The van der Waals surface area contributed by atoms with E-state index in [1.807, 2.05) is 0 Å². The average Bonchev–Trinajstić information content (AvgIpc) is 2.48. The zero-order chi connectivity index (χ0) is 11.8. The van der Waals surface area contributed by atoms with Crippen LogP contribution >= 0.6 is 0 Å². The van der Waals surface area contributed by atoms with Crippen molar-refractivity contribution in [2.45, 2.75) is 6.42 Å². The summed E-state index contributed by atoms with van der Waals surface area (Å²) in [5.41, 5.74) is 1.61. The lowest BCUT2D eigenvalue weighted by molar-refractivity contribution is 0.0979. The van der Waals surface area contributed by atoms with E-state index in [2.05, 4.69) is 9.97 Å². The van der Waals surface area contributed by atoms with Gasteiger partial charge in [0.05, 0.1) is 5.56 Å². The highest BCUT2D eigenvalue weighted by Gasteiger charge is 2.27. The van der Waals surface area contributed by atoms with Gasteiger partial charge in [-0.25, -0.2) is 0 Å². The van der Waals surface area contributed by atoms with Crippen molar-refractivity contribution in [1.82, 2.24) is 9.97 Å². The second-order valence-electron chi connectivity index (χ2n) is 3.84. The van der Waals surface area contributed by atoms with Crippen molar-refractivity contribution in [1.29, 1.82) is 0 Å². The minimum atomic E-state index is -0.227. The van der Waals surface area contributed by atoms with Gasteiger partial charge in [-0.1, -0.05) is 6.07 Å². The summed E-state index contributed by atoms with van der Waals surface area (Å²) in [5.74, 6) is -0.366. The van der Waals surface area contributed by atoms with E-state index in [1.54, 1.807) is 30.5 Å². The van der Waals surface area contributed by atoms with Gasteiger partial charge in [-0.2, -0.15) is 0 Å². The van der Waals surface area contributed by atoms with Crippen molar-refractivity contribution in [3.8, 4) is 0 Å². The number of ketones is 2. The number of pyridine rings is 2. The molecule has 0 saturated carbocycles. The van der Waals surface area contributed by atoms with E-state index in [-0.39, 0.29) is 23.7 Å². The highest BCUT2D eigenvalue weighted by molar-refractivity contribution is 6.17. The van der Waals surface area contributed by atoms with E-state index in [0.29, 0.717) is 16.8 Å². The largest absolute Gasteiger partial charge is 0.292 e. The molecule has 1 aliphatic rings. The minimum Gasteiger partial charge on any atom is -0.292 e. The molecule has 0 N–H and O–H groups in total. The topological polar surface area (TPSA) is 59.9 Å². The number of fused-ring (bicyclic) bond motifs is 2. The molecule has 0 fully saturated rings. The van der Waals surface area contributed by atoms with Crippen LogP contribution in [-0.4, -0.2) is 21.5 Å². The third-order valence-corrected chi connectivity index (χ3v) is 2.77. The molecule has 0 unspecified atom stereocenters. The van der Waals surface area contributed by atoms with Crippen LogP contribution in [0, 0.1) is 0 Å². The van der Waals surface area contributed by atoms with E-state index in [4.69, 9.17) is 0 Å². The van der Waals surface area contributed by atoms with E-state index in [1.165, 1.54) is 6.20 Å². The number of aromatic nitrogens is 2. The first-order valence-electron chi connectivity index (χ1n) is 5.24. The molecule has 4 nitrogen and oxygen atoms in total.